The molecule has 0 atom stereocenters. The summed E-state index contributed by atoms with van der Waals surface area (Å²) in [7, 11) is 0. The van der Waals surface area contributed by atoms with Gasteiger partial charge in [0.05, 0.1) is 28.6 Å². The van der Waals surface area contributed by atoms with Gasteiger partial charge in [0.2, 0.25) is 0 Å². The van der Waals surface area contributed by atoms with Crippen LogP contribution in [0.5, 0.6) is 0 Å². The number of benzene rings is 1. The van der Waals surface area contributed by atoms with E-state index in [2.05, 4.69) is 0 Å². The van der Waals surface area contributed by atoms with Crippen molar-refractivity contribution in [3.63, 3.8) is 0 Å². The van der Waals surface area contributed by atoms with E-state index in [1.807, 2.05) is 13.8 Å². The largest absolute Gasteiger partial charge is 0.462 e. The summed E-state index contributed by atoms with van der Waals surface area (Å²) in [5.41, 5.74) is 12.1. The molecule has 0 fully saturated rings. The lowest BCUT2D eigenvalue weighted by atomic mass is 10.1. The number of hydrogen-bond acceptors (Lipinski definition) is 4. The van der Waals surface area contributed by atoms with E-state index in [-0.39, 0.29) is 22.3 Å². The first kappa shape index (κ1) is 12.6. The van der Waals surface area contributed by atoms with Crippen molar-refractivity contribution in [2.45, 2.75) is 13.8 Å². The Morgan fingerprint density at radius 1 is 1.38 bits per heavy atom. The highest BCUT2D eigenvalue weighted by Crippen LogP contribution is 2.27. The summed E-state index contributed by atoms with van der Waals surface area (Å²) in [5.74, 6) is -0.158. The van der Waals surface area contributed by atoms with Gasteiger partial charge in [0, 0.05) is 0 Å². The fourth-order valence-corrected chi connectivity index (χ4v) is 1.22. The van der Waals surface area contributed by atoms with Crippen LogP contribution in [0, 0.1) is 5.92 Å². The minimum absolute atomic E-state index is 0.264. The Labute approximate surface area is 99.5 Å². The summed E-state index contributed by atoms with van der Waals surface area (Å²) in [5, 5.41) is 0.264. The van der Waals surface area contributed by atoms with Crippen molar-refractivity contribution < 1.29 is 9.53 Å². The van der Waals surface area contributed by atoms with Crippen LogP contribution in [0.25, 0.3) is 0 Å². The molecule has 88 valence electrons. The number of anilines is 2. The van der Waals surface area contributed by atoms with Crippen LogP contribution in [-0.4, -0.2) is 12.6 Å². The molecule has 0 radical (unpaired) electrons. The van der Waals surface area contributed by atoms with Crippen LogP contribution >= 0.6 is 11.6 Å². The van der Waals surface area contributed by atoms with Crippen LogP contribution < -0.4 is 11.5 Å². The molecule has 0 aliphatic heterocycles. The first-order valence-corrected chi connectivity index (χ1v) is 5.31. The number of hydrogen-bond donors (Lipinski definition) is 2. The molecular weight excluding hydrogens is 228 g/mol. The molecular formula is C11H15ClN2O2. The molecule has 1 rings (SSSR count). The zero-order valence-electron chi connectivity index (χ0n) is 9.29. The molecule has 0 bridgehead atoms. The van der Waals surface area contributed by atoms with Gasteiger partial charge in [0.25, 0.3) is 0 Å². The van der Waals surface area contributed by atoms with Gasteiger partial charge in [-0.15, -0.1) is 0 Å². The molecule has 0 spiro atoms. The third kappa shape index (κ3) is 3.03. The second kappa shape index (κ2) is 5.07. The van der Waals surface area contributed by atoms with Gasteiger partial charge in [-0.25, -0.2) is 4.79 Å². The third-order valence-electron chi connectivity index (χ3n) is 1.91. The van der Waals surface area contributed by atoms with E-state index < -0.39 is 5.97 Å². The predicted octanol–water partition coefficient (Wildman–Crippen LogP) is 2.32. The van der Waals surface area contributed by atoms with E-state index >= 15 is 0 Å². The highest BCUT2D eigenvalue weighted by atomic mass is 35.5. The Hall–Kier alpha value is -1.42. The minimum Gasteiger partial charge on any atom is -0.462 e. The highest BCUT2D eigenvalue weighted by Gasteiger charge is 2.12. The van der Waals surface area contributed by atoms with Crippen molar-refractivity contribution in [3.05, 3.63) is 22.7 Å². The molecule has 4 nitrogen and oxygen atoms in total. The first-order chi connectivity index (χ1) is 7.41. The van der Waals surface area contributed by atoms with Gasteiger partial charge in [-0.3, -0.25) is 0 Å². The molecule has 0 aliphatic carbocycles. The molecule has 0 saturated carbocycles. The van der Waals surface area contributed by atoms with Crippen molar-refractivity contribution >= 4 is 28.9 Å². The maximum Gasteiger partial charge on any atom is 0.338 e. The number of carbonyl (C=O) groups excluding carboxylic acids is 1. The average Bonchev–Trinajstić information content (AvgIpc) is 2.21. The number of rotatable bonds is 3. The van der Waals surface area contributed by atoms with Gasteiger partial charge >= 0.3 is 5.97 Å². The summed E-state index contributed by atoms with van der Waals surface area (Å²) in [6, 6.07) is 2.92. The van der Waals surface area contributed by atoms with Crippen molar-refractivity contribution in [1.29, 1.82) is 0 Å². The zero-order chi connectivity index (χ0) is 12.3. The number of halogens is 1. The van der Waals surface area contributed by atoms with E-state index in [0.29, 0.717) is 12.2 Å². The van der Waals surface area contributed by atoms with Crippen LogP contribution in [0.4, 0.5) is 11.4 Å². The normalized spacial score (nSPS) is 10.5. The van der Waals surface area contributed by atoms with Gasteiger partial charge in [0.1, 0.15) is 0 Å². The maximum absolute atomic E-state index is 11.6. The maximum atomic E-state index is 11.6. The third-order valence-corrected chi connectivity index (χ3v) is 2.35. The molecule has 1 aromatic carbocycles. The van der Waals surface area contributed by atoms with Crippen LogP contribution in [-0.2, 0) is 4.74 Å². The lowest BCUT2D eigenvalue weighted by Gasteiger charge is -2.09. The van der Waals surface area contributed by atoms with E-state index in [4.69, 9.17) is 27.8 Å². The Balaban J connectivity index is 2.84. The molecule has 0 unspecified atom stereocenters. The zero-order valence-corrected chi connectivity index (χ0v) is 10.0. The Bertz CT molecular complexity index is 382. The number of nitrogens with two attached hydrogens (primary N) is 2. The van der Waals surface area contributed by atoms with Crippen molar-refractivity contribution in [2.24, 2.45) is 5.92 Å². The number of carbonyl (C=O) groups is 1. The lowest BCUT2D eigenvalue weighted by molar-refractivity contribution is 0.0459. The Kier molecular flexibility index (Phi) is 4.01. The highest BCUT2D eigenvalue weighted by molar-refractivity contribution is 6.35. The van der Waals surface area contributed by atoms with Gasteiger partial charge < -0.3 is 16.2 Å². The van der Waals surface area contributed by atoms with Crippen LogP contribution in [0.15, 0.2) is 12.1 Å². The summed E-state index contributed by atoms with van der Waals surface area (Å²) in [6.07, 6.45) is 0. The van der Waals surface area contributed by atoms with Crippen LogP contribution in [0.1, 0.15) is 24.2 Å². The van der Waals surface area contributed by atoms with Gasteiger partial charge in [0.15, 0.2) is 0 Å². The number of ether oxygens (including phenoxy) is 1. The van der Waals surface area contributed by atoms with Gasteiger partial charge in [-0.1, -0.05) is 25.4 Å². The molecule has 0 amide bonds. The fraction of sp³-hybridized carbons (Fsp3) is 0.364. The second-order valence-electron chi connectivity index (χ2n) is 3.96. The minimum atomic E-state index is -0.441. The number of esters is 1. The van der Waals surface area contributed by atoms with Crippen molar-refractivity contribution in [1.82, 2.24) is 0 Å². The average molecular weight is 243 g/mol. The fourth-order valence-electron chi connectivity index (χ4n) is 1.11. The summed E-state index contributed by atoms with van der Waals surface area (Å²) >= 11 is 5.78. The predicted molar refractivity (Wildman–Crippen MR) is 65.4 cm³/mol. The van der Waals surface area contributed by atoms with Gasteiger partial charge in [-0.05, 0) is 18.1 Å². The van der Waals surface area contributed by atoms with Crippen molar-refractivity contribution in [3.8, 4) is 0 Å². The molecule has 0 saturated heterocycles. The molecule has 5 heteroatoms. The van der Waals surface area contributed by atoms with E-state index in [1.165, 1.54) is 12.1 Å². The summed E-state index contributed by atoms with van der Waals surface area (Å²) in [4.78, 5) is 11.6. The molecule has 0 heterocycles. The van der Waals surface area contributed by atoms with E-state index in [9.17, 15) is 4.79 Å². The van der Waals surface area contributed by atoms with E-state index in [0.717, 1.165) is 0 Å². The second-order valence-corrected chi connectivity index (χ2v) is 4.34. The summed E-state index contributed by atoms with van der Waals surface area (Å²) < 4.78 is 5.05. The quantitative estimate of drug-likeness (QED) is 0.630. The Morgan fingerprint density at radius 3 is 2.31 bits per heavy atom. The van der Waals surface area contributed by atoms with Crippen molar-refractivity contribution in [2.75, 3.05) is 18.1 Å². The topological polar surface area (TPSA) is 78.3 Å². The monoisotopic (exact) mass is 242 g/mol. The Morgan fingerprint density at radius 2 is 1.88 bits per heavy atom. The molecule has 16 heavy (non-hydrogen) atoms. The van der Waals surface area contributed by atoms with Crippen LogP contribution in [0.2, 0.25) is 5.02 Å². The molecule has 0 aliphatic rings. The standard InChI is InChI=1S/C11H15ClN2O2/c1-6(2)5-16-11(15)7-3-8(13)10(12)9(14)4-7/h3-4,6H,5,13-14H2,1-2H3. The van der Waals surface area contributed by atoms with E-state index in [1.54, 1.807) is 0 Å². The van der Waals surface area contributed by atoms with Gasteiger partial charge in [-0.2, -0.15) is 0 Å². The summed E-state index contributed by atoms with van der Waals surface area (Å²) in [6.45, 7) is 4.27. The SMILES string of the molecule is CC(C)COC(=O)c1cc(N)c(Cl)c(N)c1. The first-order valence-electron chi connectivity index (χ1n) is 4.93. The lowest BCUT2D eigenvalue weighted by Crippen LogP contribution is -2.11. The smallest absolute Gasteiger partial charge is 0.338 e. The molecule has 4 N–H and O–H groups in total. The molecule has 0 aromatic heterocycles. The van der Waals surface area contributed by atoms with Crippen LogP contribution in [0.3, 0.4) is 0 Å². The molecule has 1 aromatic rings. The number of nitrogen functional groups attached to an aromatic ring is 2.